The Kier molecular flexibility index (Phi) is 4.30. The molecule has 0 aliphatic heterocycles. The van der Waals surface area contributed by atoms with Gasteiger partial charge in [-0.05, 0) is 24.5 Å². The number of anilines is 1. The highest BCUT2D eigenvalue weighted by atomic mass is 16.5. The topological polar surface area (TPSA) is 21.3 Å². The molecule has 0 amide bonds. The molecule has 0 unspecified atom stereocenters. The van der Waals surface area contributed by atoms with E-state index < -0.39 is 0 Å². The lowest BCUT2D eigenvalue weighted by atomic mass is 10.1. The van der Waals surface area contributed by atoms with E-state index in [-0.39, 0.29) is 0 Å². The summed E-state index contributed by atoms with van der Waals surface area (Å²) >= 11 is 0. The van der Waals surface area contributed by atoms with Crippen LogP contribution in [0.2, 0.25) is 0 Å². The van der Waals surface area contributed by atoms with Crippen molar-refractivity contribution >= 4 is 5.69 Å². The normalized spacial score (nSPS) is 10.3. The third kappa shape index (κ3) is 3.29. The van der Waals surface area contributed by atoms with Crippen LogP contribution >= 0.6 is 0 Å². The number of nitrogens with one attached hydrogen (secondary N) is 1. The van der Waals surface area contributed by atoms with Crippen LogP contribution in [0.3, 0.4) is 0 Å². The van der Waals surface area contributed by atoms with Crippen LogP contribution in [0, 0.1) is 5.92 Å². The summed E-state index contributed by atoms with van der Waals surface area (Å²) in [6.45, 7) is 5.19. The van der Waals surface area contributed by atoms with Gasteiger partial charge in [-0.25, -0.2) is 0 Å². The molecule has 1 rings (SSSR count). The molecule has 78 valence electrons. The van der Waals surface area contributed by atoms with Crippen LogP contribution < -0.4 is 10.1 Å². The lowest BCUT2D eigenvalue weighted by Crippen LogP contribution is -2.03. The van der Waals surface area contributed by atoms with Gasteiger partial charge in [-0.15, -0.1) is 0 Å². The van der Waals surface area contributed by atoms with Crippen LogP contribution in [-0.2, 0) is 0 Å². The Balaban J connectivity index is 2.49. The summed E-state index contributed by atoms with van der Waals surface area (Å²) in [6.07, 6.45) is 1.10. The van der Waals surface area contributed by atoms with Gasteiger partial charge in [0.1, 0.15) is 5.75 Å². The number of hydrogen-bond acceptors (Lipinski definition) is 2. The molecule has 0 saturated carbocycles. The Morgan fingerprint density at radius 2 is 2.00 bits per heavy atom. The lowest BCUT2D eigenvalue weighted by molar-refractivity contribution is 0.291. The summed E-state index contributed by atoms with van der Waals surface area (Å²) < 4.78 is 5.68. The van der Waals surface area contributed by atoms with Crippen LogP contribution in [0.4, 0.5) is 5.69 Å². The molecule has 0 heterocycles. The predicted octanol–water partition coefficient (Wildman–Crippen LogP) is 3.15. The van der Waals surface area contributed by atoms with Gasteiger partial charge in [0, 0.05) is 7.05 Å². The first-order chi connectivity index (χ1) is 6.74. The van der Waals surface area contributed by atoms with E-state index in [2.05, 4.69) is 19.2 Å². The fraction of sp³-hybridized carbons (Fsp3) is 0.500. The largest absolute Gasteiger partial charge is 0.491 e. The zero-order valence-corrected chi connectivity index (χ0v) is 9.21. The van der Waals surface area contributed by atoms with E-state index in [0.717, 1.165) is 24.5 Å². The fourth-order valence-electron chi connectivity index (χ4n) is 1.20. The molecule has 0 aromatic heterocycles. The first kappa shape index (κ1) is 10.9. The Morgan fingerprint density at radius 1 is 1.29 bits per heavy atom. The van der Waals surface area contributed by atoms with Gasteiger partial charge in [0.15, 0.2) is 0 Å². The maximum Gasteiger partial charge on any atom is 0.142 e. The summed E-state index contributed by atoms with van der Waals surface area (Å²) in [5.74, 6) is 1.63. The van der Waals surface area contributed by atoms with Crippen LogP contribution in [0.15, 0.2) is 24.3 Å². The van der Waals surface area contributed by atoms with E-state index in [4.69, 9.17) is 4.74 Å². The molecule has 0 radical (unpaired) electrons. The first-order valence-corrected chi connectivity index (χ1v) is 5.13. The summed E-state index contributed by atoms with van der Waals surface area (Å²) in [5.41, 5.74) is 1.05. The van der Waals surface area contributed by atoms with E-state index in [1.54, 1.807) is 0 Å². The Hall–Kier alpha value is -1.18. The molecular formula is C12H19NO. The summed E-state index contributed by atoms with van der Waals surface area (Å²) in [5, 5.41) is 3.11. The van der Waals surface area contributed by atoms with E-state index in [1.807, 2.05) is 31.3 Å². The SMILES string of the molecule is CNc1ccccc1OCCC(C)C. The smallest absolute Gasteiger partial charge is 0.142 e. The van der Waals surface area contributed by atoms with Crippen molar-refractivity contribution < 1.29 is 4.74 Å². The van der Waals surface area contributed by atoms with Crippen molar-refractivity contribution in [2.75, 3.05) is 19.0 Å². The maximum absolute atomic E-state index is 5.68. The van der Waals surface area contributed by atoms with Crippen molar-refractivity contribution in [1.29, 1.82) is 0 Å². The van der Waals surface area contributed by atoms with Gasteiger partial charge in [-0.3, -0.25) is 0 Å². The maximum atomic E-state index is 5.68. The standard InChI is InChI=1S/C12H19NO/c1-10(2)8-9-14-12-7-5-4-6-11(12)13-3/h4-7,10,13H,8-9H2,1-3H3. The van der Waals surface area contributed by atoms with Gasteiger partial charge < -0.3 is 10.1 Å². The minimum absolute atomic E-state index is 0.691. The Bertz CT molecular complexity index is 271. The van der Waals surface area contributed by atoms with E-state index >= 15 is 0 Å². The molecule has 14 heavy (non-hydrogen) atoms. The summed E-state index contributed by atoms with van der Waals surface area (Å²) in [7, 11) is 1.91. The molecule has 0 fully saturated rings. The van der Waals surface area contributed by atoms with Crippen molar-refractivity contribution in [3.05, 3.63) is 24.3 Å². The molecular weight excluding hydrogens is 174 g/mol. The van der Waals surface area contributed by atoms with Gasteiger partial charge in [0.25, 0.3) is 0 Å². The molecule has 2 nitrogen and oxygen atoms in total. The van der Waals surface area contributed by atoms with Crippen molar-refractivity contribution in [1.82, 2.24) is 0 Å². The Labute approximate surface area is 86.3 Å². The number of ether oxygens (including phenoxy) is 1. The van der Waals surface area contributed by atoms with Crippen LogP contribution in [0.1, 0.15) is 20.3 Å². The minimum Gasteiger partial charge on any atom is -0.491 e. The first-order valence-electron chi connectivity index (χ1n) is 5.13. The highest BCUT2D eigenvalue weighted by Gasteiger charge is 2.00. The molecule has 0 saturated heterocycles. The third-order valence-electron chi connectivity index (χ3n) is 2.11. The average Bonchev–Trinajstić information content (AvgIpc) is 2.18. The van der Waals surface area contributed by atoms with Crippen molar-refractivity contribution in [2.45, 2.75) is 20.3 Å². The molecule has 1 aromatic rings. The quantitative estimate of drug-likeness (QED) is 0.775. The number of hydrogen-bond donors (Lipinski definition) is 1. The van der Waals surface area contributed by atoms with Gasteiger partial charge in [0.2, 0.25) is 0 Å². The molecule has 1 N–H and O–H groups in total. The highest BCUT2D eigenvalue weighted by molar-refractivity contribution is 5.55. The Morgan fingerprint density at radius 3 is 2.64 bits per heavy atom. The molecule has 0 atom stereocenters. The minimum atomic E-state index is 0.691. The van der Waals surface area contributed by atoms with Crippen LogP contribution in [-0.4, -0.2) is 13.7 Å². The van der Waals surface area contributed by atoms with Gasteiger partial charge in [0.05, 0.1) is 12.3 Å². The van der Waals surface area contributed by atoms with Crippen molar-refractivity contribution in [3.63, 3.8) is 0 Å². The average molecular weight is 193 g/mol. The second-order valence-electron chi connectivity index (χ2n) is 3.78. The van der Waals surface area contributed by atoms with Gasteiger partial charge in [-0.2, -0.15) is 0 Å². The van der Waals surface area contributed by atoms with E-state index in [1.165, 1.54) is 0 Å². The number of rotatable bonds is 5. The fourth-order valence-corrected chi connectivity index (χ4v) is 1.20. The van der Waals surface area contributed by atoms with Crippen LogP contribution in [0.25, 0.3) is 0 Å². The predicted molar refractivity (Wildman–Crippen MR) is 60.9 cm³/mol. The second kappa shape index (κ2) is 5.53. The van der Waals surface area contributed by atoms with Crippen molar-refractivity contribution in [2.24, 2.45) is 5.92 Å². The zero-order chi connectivity index (χ0) is 10.4. The molecule has 0 aliphatic carbocycles. The molecule has 2 heteroatoms. The van der Waals surface area contributed by atoms with E-state index in [9.17, 15) is 0 Å². The molecule has 1 aromatic carbocycles. The number of benzene rings is 1. The van der Waals surface area contributed by atoms with Gasteiger partial charge in [-0.1, -0.05) is 26.0 Å². The van der Waals surface area contributed by atoms with Crippen LogP contribution in [0.5, 0.6) is 5.75 Å². The lowest BCUT2D eigenvalue weighted by Gasteiger charge is -2.11. The second-order valence-corrected chi connectivity index (χ2v) is 3.78. The third-order valence-corrected chi connectivity index (χ3v) is 2.11. The zero-order valence-electron chi connectivity index (χ0n) is 9.21. The monoisotopic (exact) mass is 193 g/mol. The highest BCUT2D eigenvalue weighted by Crippen LogP contribution is 2.23. The van der Waals surface area contributed by atoms with E-state index in [0.29, 0.717) is 5.92 Å². The summed E-state index contributed by atoms with van der Waals surface area (Å²) in [6, 6.07) is 8.00. The molecule has 0 bridgehead atoms. The molecule has 0 spiro atoms. The van der Waals surface area contributed by atoms with Gasteiger partial charge >= 0.3 is 0 Å². The van der Waals surface area contributed by atoms with Crippen molar-refractivity contribution in [3.8, 4) is 5.75 Å². The summed E-state index contributed by atoms with van der Waals surface area (Å²) in [4.78, 5) is 0. The molecule has 0 aliphatic rings. The number of para-hydroxylation sites is 2.